The number of anilines is 1. The Hall–Kier alpha value is -2.36. The van der Waals surface area contributed by atoms with Gasteiger partial charge in [0.25, 0.3) is 0 Å². The number of carbonyl (C=O) groups excluding carboxylic acids is 1. The average Bonchev–Trinajstić information content (AvgIpc) is 3.44. The van der Waals surface area contributed by atoms with Crippen molar-refractivity contribution in [2.45, 2.75) is 51.1 Å². The molecule has 3 rings (SSSR count). The van der Waals surface area contributed by atoms with E-state index in [-0.39, 0.29) is 17.8 Å². The van der Waals surface area contributed by atoms with Crippen molar-refractivity contribution in [2.24, 2.45) is 0 Å². The SMILES string of the molecule is CC[C@@H](C)c1ccc(N[C@@H](C(=O)NC2CC2)c2ccc(F)cc2)cc1. The first-order valence-electron chi connectivity index (χ1n) is 8.99. The van der Waals surface area contributed by atoms with Crippen molar-refractivity contribution in [3.8, 4) is 0 Å². The van der Waals surface area contributed by atoms with Gasteiger partial charge in [0.2, 0.25) is 5.91 Å². The third-order valence-electron chi connectivity index (χ3n) is 4.79. The molecular formula is C21H25FN2O. The molecule has 2 aromatic rings. The zero-order valence-corrected chi connectivity index (χ0v) is 14.8. The number of carbonyl (C=O) groups is 1. The fraction of sp³-hybridized carbons (Fsp3) is 0.381. The summed E-state index contributed by atoms with van der Waals surface area (Å²) in [5, 5.41) is 6.33. The van der Waals surface area contributed by atoms with Crippen LogP contribution in [0.3, 0.4) is 0 Å². The van der Waals surface area contributed by atoms with Gasteiger partial charge in [0.1, 0.15) is 11.9 Å². The molecule has 25 heavy (non-hydrogen) atoms. The van der Waals surface area contributed by atoms with Crippen LogP contribution in [0.2, 0.25) is 0 Å². The second-order valence-electron chi connectivity index (χ2n) is 6.84. The predicted octanol–water partition coefficient (Wildman–Crippen LogP) is 4.77. The lowest BCUT2D eigenvalue weighted by Gasteiger charge is -2.20. The highest BCUT2D eigenvalue weighted by atomic mass is 19.1. The Kier molecular flexibility index (Phi) is 5.37. The zero-order valence-electron chi connectivity index (χ0n) is 14.8. The van der Waals surface area contributed by atoms with Gasteiger partial charge in [-0.25, -0.2) is 4.39 Å². The maximum atomic E-state index is 13.2. The number of halogens is 1. The Morgan fingerprint density at radius 1 is 1.08 bits per heavy atom. The molecule has 1 saturated carbocycles. The normalized spacial score (nSPS) is 16.1. The molecule has 2 aromatic carbocycles. The minimum atomic E-state index is -0.532. The van der Waals surface area contributed by atoms with Crippen molar-refractivity contribution < 1.29 is 9.18 Å². The highest BCUT2D eigenvalue weighted by Crippen LogP contribution is 2.26. The van der Waals surface area contributed by atoms with Gasteiger partial charge in [-0.2, -0.15) is 0 Å². The molecule has 1 aliphatic carbocycles. The van der Waals surface area contributed by atoms with E-state index >= 15 is 0 Å². The minimum Gasteiger partial charge on any atom is -0.370 e. The van der Waals surface area contributed by atoms with E-state index in [0.29, 0.717) is 5.92 Å². The van der Waals surface area contributed by atoms with Gasteiger partial charge < -0.3 is 10.6 Å². The van der Waals surface area contributed by atoms with Crippen molar-refractivity contribution >= 4 is 11.6 Å². The topological polar surface area (TPSA) is 41.1 Å². The Labute approximate surface area is 148 Å². The van der Waals surface area contributed by atoms with Crippen LogP contribution in [0.15, 0.2) is 48.5 Å². The van der Waals surface area contributed by atoms with Gasteiger partial charge in [0, 0.05) is 11.7 Å². The van der Waals surface area contributed by atoms with E-state index in [2.05, 4.69) is 36.6 Å². The summed E-state index contributed by atoms with van der Waals surface area (Å²) in [5.74, 6) is 0.142. The molecule has 0 unspecified atom stereocenters. The summed E-state index contributed by atoms with van der Waals surface area (Å²) in [6, 6.07) is 14.0. The maximum Gasteiger partial charge on any atom is 0.247 e. The van der Waals surface area contributed by atoms with Crippen LogP contribution in [0.5, 0.6) is 0 Å². The number of hydrogen-bond acceptors (Lipinski definition) is 2. The van der Waals surface area contributed by atoms with Crippen molar-refractivity contribution in [1.82, 2.24) is 5.32 Å². The predicted molar refractivity (Wildman–Crippen MR) is 99.1 cm³/mol. The second-order valence-corrected chi connectivity index (χ2v) is 6.84. The summed E-state index contributed by atoms with van der Waals surface area (Å²) in [5.41, 5.74) is 2.92. The molecule has 3 nitrogen and oxygen atoms in total. The zero-order chi connectivity index (χ0) is 17.8. The second kappa shape index (κ2) is 7.68. The first-order valence-corrected chi connectivity index (χ1v) is 8.99. The molecule has 0 bridgehead atoms. The lowest BCUT2D eigenvalue weighted by atomic mass is 9.98. The van der Waals surface area contributed by atoms with Crippen LogP contribution < -0.4 is 10.6 Å². The monoisotopic (exact) mass is 340 g/mol. The van der Waals surface area contributed by atoms with Crippen LogP contribution in [0.25, 0.3) is 0 Å². The highest BCUT2D eigenvalue weighted by Gasteiger charge is 2.28. The van der Waals surface area contributed by atoms with Gasteiger partial charge >= 0.3 is 0 Å². The van der Waals surface area contributed by atoms with E-state index in [1.807, 2.05) is 12.1 Å². The van der Waals surface area contributed by atoms with Gasteiger partial charge in [-0.15, -0.1) is 0 Å². The first kappa shape index (κ1) is 17.5. The van der Waals surface area contributed by atoms with Crippen LogP contribution in [0.1, 0.15) is 56.2 Å². The number of rotatable bonds is 7. The Morgan fingerprint density at radius 3 is 2.24 bits per heavy atom. The maximum absolute atomic E-state index is 13.2. The molecule has 0 aliphatic heterocycles. The standard InChI is InChI=1S/C21H25FN2O/c1-3-14(2)15-6-10-18(11-7-15)23-20(21(25)24-19-12-13-19)16-4-8-17(22)9-5-16/h4-11,14,19-20,23H,3,12-13H2,1-2H3,(H,24,25)/t14-,20-/m1/s1. The van der Waals surface area contributed by atoms with Crippen molar-refractivity contribution in [1.29, 1.82) is 0 Å². The Morgan fingerprint density at radius 2 is 1.68 bits per heavy atom. The van der Waals surface area contributed by atoms with Crippen LogP contribution in [0, 0.1) is 5.82 Å². The van der Waals surface area contributed by atoms with Crippen LogP contribution in [0.4, 0.5) is 10.1 Å². The number of nitrogens with one attached hydrogen (secondary N) is 2. The first-order chi connectivity index (χ1) is 12.1. The molecule has 1 aliphatic rings. The molecule has 1 fully saturated rings. The van der Waals surface area contributed by atoms with Gasteiger partial charge in [-0.05, 0) is 60.6 Å². The molecule has 4 heteroatoms. The lowest BCUT2D eigenvalue weighted by Crippen LogP contribution is -2.34. The lowest BCUT2D eigenvalue weighted by molar-refractivity contribution is -0.122. The van der Waals surface area contributed by atoms with E-state index in [9.17, 15) is 9.18 Å². The molecule has 1 amide bonds. The number of benzene rings is 2. The van der Waals surface area contributed by atoms with Crippen molar-refractivity contribution in [3.05, 3.63) is 65.5 Å². The van der Waals surface area contributed by atoms with Crippen LogP contribution in [-0.4, -0.2) is 11.9 Å². The van der Waals surface area contributed by atoms with Crippen molar-refractivity contribution in [2.75, 3.05) is 5.32 Å². The molecule has 0 saturated heterocycles. The molecule has 0 radical (unpaired) electrons. The van der Waals surface area contributed by atoms with Crippen LogP contribution >= 0.6 is 0 Å². The molecule has 0 aromatic heterocycles. The summed E-state index contributed by atoms with van der Waals surface area (Å²) in [7, 11) is 0. The summed E-state index contributed by atoms with van der Waals surface area (Å²) >= 11 is 0. The molecule has 0 heterocycles. The minimum absolute atomic E-state index is 0.0693. The largest absolute Gasteiger partial charge is 0.370 e. The van der Waals surface area contributed by atoms with E-state index in [1.54, 1.807) is 12.1 Å². The summed E-state index contributed by atoms with van der Waals surface area (Å²) in [6.45, 7) is 4.37. The van der Waals surface area contributed by atoms with E-state index < -0.39 is 6.04 Å². The Bertz CT molecular complexity index is 708. The van der Waals surface area contributed by atoms with Gasteiger partial charge in [0.15, 0.2) is 0 Å². The van der Waals surface area contributed by atoms with Gasteiger partial charge in [0.05, 0.1) is 0 Å². The van der Waals surface area contributed by atoms with Crippen molar-refractivity contribution in [3.63, 3.8) is 0 Å². The quantitative estimate of drug-likeness (QED) is 0.762. The molecule has 132 valence electrons. The third-order valence-corrected chi connectivity index (χ3v) is 4.79. The molecule has 2 N–H and O–H groups in total. The average molecular weight is 340 g/mol. The fourth-order valence-electron chi connectivity index (χ4n) is 2.78. The highest BCUT2D eigenvalue weighted by molar-refractivity contribution is 5.86. The van der Waals surface area contributed by atoms with E-state index in [0.717, 1.165) is 30.5 Å². The number of amides is 1. The summed E-state index contributed by atoms with van der Waals surface area (Å²) in [4.78, 5) is 12.6. The smallest absolute Gasteiger partial charge is 0.247 e. The van der Waals surface area contributed by atoms with E-state index in [4.69, 9.17) is 0 Å². The van der Waals surface area contributed by atoms with Gasteiger partial charge in [-0.1, -0.05) is 38.1 Å². The van der Waals surface area contributed by atoms with Gasteiger partial charge in [-0.3, -0.25) is 4.79 Å². The molecule has 0 spiro atoms. The van der Waals surface area contributed by atoms with Crippen LogP contribution in [-0.2, 0) is 4.79 Å². The molecule has 2 atom stereocenters. The fourth-order valence-corrected chi connectivity index (χ4v) is 2.78. The molecular weight excluding hydrogens is 315 g/mol. The third kappa shape index (κ3) is 4.59. The van der Waals surface area contributed by atoms with E-state index in [1.165, 1.54) is 17.7 Å². The summed E-state index contributed by atoms with van der Waals surface area (Å²) < 4.78 is 13.2. The Balaban J connectivity index is 1.78. The summed E-state index contributed by atoms with van der Waals surface area (Å²) in [6.07, 6.45) is 3.16. The number of hydrogen-bond donors (Lipinski definition) is 2.